The Labute approximate surface area is 121 Å². The van der Waals surface area contributed by atoms with Crippen molar-refractivity contribution in [2.45, 2.75) is 44.2 Å². The minimum Gasteiger partial charge on any atom is -0.340 e. The lowest BCUT2D eigenvalue weighted by atomic mass is 9.81. The Morgan fingerprint density at radius 1 is 1.21 bits per heavy atom. The number of halogens is 1. The molecule has 0 heterocycles. The molecule has 1 amide bonds. The molecule has 0 unspecified atom stereocenters. The molecule has 3 nitrogen and oxygen atoms in total. The Balaban J connectivity index is 0.00000180. The monoisotopic (exact) mass is 282 g/mol. The van der Waals surface area contributed by atoms with Gasteiger partial charge in [-0.3, -0.25) is 4.79 Å². The molecule has 0 spiro atoms. The third-order valence-corrected chi connectivity index (χ3v) is 3.78. The first-order chi connectivity index (χ1) is 8.62. The maximum atomic E-state index is 12.4. The smallest absolute Gasteiger partial charge is 0.242 e. The molecular formula is C15H23ClN2O. The summed E-state index contributed by atoms with van der Waals surface area (Å²) in [6, 6.07) is 10.0. The fourth-order valence-electron chi connectivity index (χ4n) is 2.71. The molecule has 1 aromatic carbocycles. The lowest BCUT2D eigenvalue weighted by molar-refractivity contribution is -0.137. The average Bonchev–Trinajstić information content (AvgIpc) is 2.40. The van der Waals surface area contributed by atoms with Crippen LogP contribution in [-0.2, 0) is 11.3 Å². The number of likely N-dealkylation sites (N-methyl/N-ethyl adjacent to an activating group) is 1. The van der Waals surface area contributed by atoms with E-state index in [4.69, 9.17) is 5.73 Å². The molecule has 1 aromatic rings. The molecule has 4 heteroatoms. The molecular weight excluding hydrogens is 260 g/mol. The van der Waals surface area contributed by atoms with Crippen molar-refractivity contribution in [3.8, 4) is 0 Å². The van der Waals surface area contributed by atoms with Crippen molar-refractivity contribution in [1.29, 1.82) is 0 Å². The highest BCUT2D eigenvalue weighted by Crippen LogP contribution is 2.27. The molecule has 0 atom stereocenters. The summed E-state index contributed by atoms with van der Waals surface area (Å²) in [4.78, 5) is 14.2. The maximum absolute atomic E-state index is 12.4. The first-order valence-electron chi connectivity index (χ1n) is 6.70. The van der Waals surface area contributed by atoms with E-state index in [0.29, 0.717) is 6.54 Å². The van der Waals surface area contributed by atoms with E-state index in [2.05, 4.69) is 0 Å². The molecule has 0 saturated heterocycles. The van der Waals surface area contributed by atoms with Crippen LogP contribution in [-0.4, -0.2) is 23.4 Å². The summed E-state index contributed by atoms with van der Waals surface area (Å²) in [5.41, 5.74) is 6.79. The van der Waals surface area contributed by atoms with Gasteiger partial charge < -0.3 is 10.6 Å². The minimum absolute atomic E-state index is 0. The highest BCUT2D eigenvalue weighted by molar-refractivity contribution is 5.86. The summed E-state index contributed by atoms with van der Waals surface area (Å²) in [6.07, 6.45) is 4.99. The van der Waals surface area contributed by atoms with E-state index < -0.39 is 5.54 Å². The van der Waals surface area contributed by atoms with E-state index >= 15 is 0 Å². The second kappa shape index (κ2) is 6.92. The number of carbonyl (C=O) groups is 1. The summed E-state index contributed by atoms with van der Waals surface area (Å²) >= 11 is 0. The molecule has 1 aliphatic carbocycles. The van der Waals surface area contributed by atoms with Crippen LogP contribution < -0.4 is 5.73 Å². The van der Waals surface area contributed by atoms with Crippen LogP contribution >= 0.6 is 12.4 Å². The lowest BCUT2D eigenvalue weighted by Gasteiger charge is -2.35. The SMILES string of the molecule is CN(Cc1ccccc1)C(=O)C1(N)CCCCC1.Cl. The zero-order valence-electron chi connectivity index (χ0n) is 11.5. The molecule has 1 aliphatic rings. The zero-order chi connectivity index (χ0) is 13.0. The summed E-state index contributed by atoms with van der Waals surface area (Å²) in [6.45, 7) is 0.638. The predicted molar refractivity (Wildman–Crippen MR) is 80.2 cm³/mol. The van der Waals surface area contributed by atoms with Crippen molar-refractivity contribution < 1.29 is 4.79 Å². The minimum atomic E-state index is -0.623. The first-order valence-corrected chi connectivity index (χ1v) is 6.70. The van der Waals surface area contributed by atoms with Crippen LogP contribution in [0, 0.1) is 0 Å². The Morgan fingerprint density at radius 3 is 2.37 bits per heavy atom. The molecule has 0 bridgehead atoms. The van der Waals surface area contributed by atoms with Gasteiger partial charge >= 0.3 is 0 Å². The van der Waals surface area contributed by atoms with E-state index in [9.17, 15) is 4.79 Å². The van der Waals surface area contributed by atoms with Gasteiger partial charge in [-0.2, -0.15) is 0 Å². The van der Waals surface area contributed by atoms with Crippen molar-refractivity contribution in [2.75, 3.05) is 7.05 Å². The van der Waals surface area contributed by atoms with Crippen molar-refractivity contribution >= 4 is 18.3 Å². The molecule has 0 radical (unpaired) electrons. The van der Waals surface area contributed by atoms with Crippen LogP contribution in [0.25, 0.3) is 0 Å². The number of hydrogen-bond donors (Lipinski definition) is 1. The third-order valence-electron chi connectivity index (χ3n) is 3.78. The van der Waals surface area contributed by atoms with Gasteiger partial charge in [-0.25, -0.2) is 0 Å². The molecule has 1 fully saturated rings. The molecule has 19 heavy (non-hydrogen) atoms. The van der Waals surface area contributed by atoms with Crippen LogP contribution in [0.4, 0.5) is 0 Å². The molecule has 2 rings (SSSR count). The van der Waals surface area contributed by atoms with Gasteiger partial charge in [-0.1, -0.05) is 49.6 Å². The van der Waals surface area contributed by atoms with E-state index in [1.807, 2.05) is 37.4 Å². The molecule has 0 aromatic heterocycles. The summed E-state index contributed by atoms with van der Waals surface area (Å²) in [5, 5.41) is 0. The topological polar surface area (TPSA) is 46.3 Å². The number of nitrogens with two attached hydrogens (primary N) is 1. The van der Waals surface area contributed by atoms with Gasteiger partial charge in [-0.15, -0.1) is 12.4 Å². The van der Waals surface area contributed by atoms with Gasteiger partial charge in [0.05, 0.1) is 5.54 Å². The third kappa shape index (κ3) is 3.95. The summed E-state index contributed by atoms with van der Waals surface area (Å²) < 4.78 is 0. The fraction of sp³-hybridized carbons (Fsp3) is 0.533. The van der Waals surface area contributed by atoms with Crippen molar-refractivity contribution in [3.05, 3.63) is 35.9 Å². The standard InChI is InChI=1S/C15H22N2O.ClH/c1-17(12-13-8-4-2-5-9-13)14(18)15(16)10-6-3-7-11-15;/h2,4-5,8-9H,3,6-7,10-12,16H2,1H3;1H. The summed E-state index contributed by atoms with van der Waals surface area (Å²) in [5.74, 6) is 0.0889. The predicted octanol–water partition coefficient (Wildman–Crippen LogP) is 2.73. The second-order valence-electron chi connectivity index (χ2n) is 5.36. The van der Waals surface area contributed by atoms with Crippen LogP contribution in [0.2, 0.25) is 0 Å². The van der Waals surface area contributed by atoms with Crippen molar-refractivity contribution in [3.63, 3.8) is 0 Å². The highest BCUT2D eigenvalue weighted by Gasteiger charge is 2.37. The molecule has 106 valence electrons. The Hall–Kier alpha value is -1.06. The average molecular weight is 283 g/mol. The number of rotatable bonds is 3. The highest BCUT2D eigenvalue weighted by atomic mass is 35.5. The van der Waals surface area contributed by atoms with Crippen LogP contribution in [0.5, 0.6) is 0 Å². The number of benzene rings is 1. The Morgan fingerprint density at radius 2 is 1.79 bits per heavy atom. The molecule has 0 aliphatic heterocycles. The van der Waals surface area contributed by atoms with Gasteiger partial charge in [0.15, 0.2) is 0 Å². The quantitative estimate of drug-likeness (QED) is 0.927. The number of nitrogens with zero attached hydrogens (tertiary/aromatic N) is 1. The largest absolute Gasteiger partial charge is 0.340 e. The number of amides is 1. The Kier molecular flexibility index (Phi) is 5.83. The van der Waals surface area contributed by atoms with E-state index in [0.717, 1.165) is 31.2 Å². The van der Waals surface area contributed by atoms with Crippen molar-refractivity contribution in [2.24, 2.45) is 5.73 Å². The number of carbonyl (C=O) groups excluding carboxylic acids is 1. The van der Waals surface area contributed by atoms with Gasteiger partial charge in [-0.05, 0) is 18.4 Å². The van der Waals surface area contributed by atoms with Crippen LogP contribution in [0.1, 0.15) is 37.7 Å². The summed E-state index contributed by atoms with van der Waals surface area (Å²) in [7, 11) is 1.85. The fourth-order valence-corrected chi connectivity index (χ4v) is 2.71. The maximum Gasteiger partial charge on any atom is 0.242 e. The second-order valence-corrected chi connectivity index (χ2v) is 5.36. The van der Waals surface area contributed by atoms with E-state index in [1.165, 1.54) is 6.42 Å². The van der Waals surface area contributed by atoms with Gasteiger partial charge in [0.1, 0.15) is 0 Å². The van der Waals surface area contributed by atoms with Crippen LogP contribution in [0.3, 0.4) is 0 Å². The van der Waals surface area contributed by atoms with Gasteiger partial charge in [0.25, 0.3) is 0 Å². The van der Waals surface area contributed by atoms with E-state index in [-0.39, 0.29) is 18.3 Å². The van der Waals surface area contributed by atoms with Gasteiger partial charge in [0, 0.05) is 13.6 Å². The first kappa shape index (κ1) is 16.0. The lowest BCUT2D eigenvalue weighted by Crippen LogP contribution is -2.55. The van der Waals surface area contributed by atoms with E-state index in [1.54, 1.807) is 4.90 Å². The normalized spacial score (nSPS) is 17.4. The van der Waals surface area contributed by atoms with Gasteiger partial charge in [0.2, 0.25) is 5.91 Å². The van der Waals surface area contributed by atoms with Crippen molar-refractivity contribution in [1.82, 2.24) is 4.90 Å². The van der Waals surface area contributed by atoms with Crippen LogP contribution in [0.15, 0.2) is 30.3 Å². The molecule has 2 N–H and O–H groups in total. The Bertz CT molecular complexity index is 402. The molecule has 1 saturated carbocycles. The number of hydrogen-bond acceptors (Lipinski definition) is 2. The zero-order valence-corrected chi connectivity index (χ0v) is 12.3.